The number of esters is 2. The van der Waals surface area contributed by atoms with E-state index in [0.717, 1.165) is 37.1 Å². The lowest BCUT2D eigenvalue weighted by atomic mass is 10.0. The van der Waals surface area contributed by atoms with E-state index >= 15 is 0 Å². The van der Waals surface area contributed by atoms with E-state index < -0.39 is 5.97 Å². The molecule has 3 heterocycles. The van der Waals surface area contributed by atoms with E-state index in [0.29, 0.717) is 33.9 Å². The maximum absolute atomic E-state index is 12.7. The molecule has 35 heavy (non-hydrogen) atoms. The normalized spacial score (nSPS) is 16.1. The van der Waals surface area contributed by atoms with E-state index in [9.17, 15) is 14.4 Å². The van der Waals surface area contributed by atoms with E-state index in [1.165, 1.54) is 18.4 Å². The molecule has 1 unspecified atom stereocenters. The summed E-state index contributed by atoms with van der Waals surface area (Å²) in [5.74, 6) is -0.945. The van der Waals surface area contributed by atoms with Crippen LogP contribution < -0.4 is 5.32 Å². The van der Waals surface area contributed by atoms with Gasteiger partial charge in [-0.3, -0.25) is 14.5 Å². The van der Waals surface area contributed by atoms with Crippen molar-refractivity contribution in [3.63, 3.8) is 0 Å². The summed E-state index contributed by atoms with van der Waals surface area (Å²) in [5.41, 5.74) is 2.08. The molecule has 1 aliphatic heterocycles. The molecule has 1 saturated heterocycles. The predicted molar refractivity (Wildman–Crippen MR) is 134 cm³/mol. The Labute approximate surface area is 208 Å². The maximum atomic E-state index is 12.7. The Morgan fingerprint density at radius 1 is 1.14 bits per heavy atom. The number of benzene rings is 1. The van der Waals surface area contributed by atoms with E-state index in [-0.39, 0.29) is 24.3 Å². The number of hydrogen-bond donors (Lipinski definition) is 1. The molecule has 0 aliphatic carbocycles. The summed E-state index contributed by atoms with van der Waals surface area (Å²) in [4.78, 5) is 45.4. The zero-order valence-corrected chi connectivity index (χ0v) is 20.7. The number of piperidine rings is 1. The lowest BCUT2D eigenvalue weighted by Crippen LogP contribution is -2.45. The van der Waals surface area contributed by atoms with Crippen LogP contribution in [0.4, 0.5) is 5.69 Å². The highest BCUT2D eigenvalue weighted by molar-refractivity contribution is 7.21. The van der Waals surface area contributed by atoms with E-state index in [2.05, 4.69) is 10.2 Å². The van der Waals surface area contributed by atoms with Crippen LogP contribution in [0.25, 0.3) is 10.2 Å². The molecule has 1 atom stereocenters. The van der Waals surface area contributed by atoms with Crippen molar-refractivity contribution in [1.29, 1.82) is 0 Å². The Bertz CT molecular complexity index is 1210. The molecule has 1 aliphatic rings. The number of rotatable bonds is 8. The van der Waals surface area contributed by atoms with Gasteiger partial charge in [0.15, 0.2) is 0 Å². The Kier molecular flexibility index (Phi) is 8.09. The van der Waals surface area contributed by atoms with Gasteiger partial charge >= 0.3 is 11.9 Å². The van der Waals surface area contributed by atoms with Gasteiger partial charge in [0.2, 0.25) is 5.91 Å². The third-order valence-electron chi connectivity index (χ3n) is 5.99. The number of nitrogens with one attached hydrogen (secondary N) is 1. The first kappa shape index (κ1) is 24.8. The SMILES string of the molecule is CCOC(=O)C1CCCCN1Cc1ccc2c(NC(=O)Cc3ccccc3)c(C(=O)OC)sc2n1. The second-order valence-corrected chi connectivity index (χ2v) is 9.40. The molecule has 1 N–H and O–H groups in total. The van der Waals surface area contributed by atoms with Gasteiger partial charge in [-0.15, -0.1) is 11.3 Å². The number of anilines is 1. The highest BCUT2D eigenvalue weighted by Gasteiger charge is 2.30. The van der Waals surface area contributed by atoms with Crippen LogP contribution in [0, 0.1) is 0 Å². The summed E-state index contributed by atoms with van der Waals surface area (Å²) in [6.07, 6.45) is 2.96. The summed E-state index contributed by atoms with van der Waals surface area (Å²) < 4.78 is 10.2. The standard InChI is InChI=1S/C26H29N3O5S/c1-3-34-25(31)20-11-7-8-14-29(20)16-18-12-13-19-22(23(26(32)33-2)35-24(19)27-18)28-21(30)15-17-9-5-4-6-10-17/h4-6,9-10,12-13,20H,3,7-8,11,14-16H2,1-2H3,(H,28,30). The topological polar surface area (TPSA) is 97.8 Å². The van der Waals surface area contributed by atoms with E-state index in [1.807, 2.05) is 49.4 Å². The summed E-state index contributed by atoms with van der Waals surface area (Å²) in [5, 5.41) is 3.57. The number of ether oxygens (including phenoxy) is 2. The minimum atomic E-state index is -0.525. The first-order valence-corrected chi connectivity index (χ1v) is 12.6. The minimum absolute atomic E-state index is 0.189. The van der Waals surface area contributed by atoms with E-state index in [4.69, 9.17) is 14.5 Å². The van der Waals surface area contributed by atoms with Crippen molar-refractivity contribution in [3.8, 4) is 0 Å². The maximum Gasteiger partial charge on any atom is 0.350 e. The van der Waals surface area contributed by atoms with Gasteiger partial charge in [-0.05, 0) is 44.0 Å². The van der Waals surface area contributed by atoms with Gasteiger partial charge in [0.1, 0.15) is 15.7 Å². The highest BCUT2D eigenvalue weighted by atomic mass is 32.1. The van der Waals surface area contributed by atoms with Crippen molar-refractivity contribution in [2.75, 3.05) is 25.6 Å². The molecule has 3 aromatic rings. The lowest BCUT2D eigenvalue weighted by molar-refractivity contribution is -0.151. The number of methoxy groups -OCH3 is 1. The predicted octanol–water partition coefficient (Wildman–Crippen LogP) is 4.18. The molecule has 2 aromatic heterocycles. The number of amides is 1. The first-order chi connectivity index (χ1) is 17.0. The Balaban J connectivity index is 1.58. The zero-order chi connectivity index (χ0) is 24.8. The number of pyridine rings is 1. The van der Waals surface area contributed by atoms with Crippen molar-refractivity contribution in [1.82, 2.24) is 9.88 Å². The van der Waals surface area contributed by atoms with Gasteiger partial charge in [-0.1, -0.05) is 36.8 Å². The number of carbonyl (C=O) groups is 3. The van der Waals surface area contributed by atoms with E-state index in [1.54, 1.807) is 0 Å². The number of thiophene rings is 1. The summed E-state index contributed by atoms with van der Waals surface area (Å²) in [6.45, 7) is 3.46. The minimum Gasteiger partial charge on any atom is -0.465 e. The van der Waals surface area contributed by atoms with Gasteiger partial charge in [-0.2, -0.15) is 0 Å². The average Bonchev–Trinajstić information content (AvgIpc) is 3.22. The molecule has 1 amide bonds. The Hall–Kier alpha value is -3.30. The van der Waals surface area contributed by atoms with Gasteiger partial charge < -0.3 is 14.8 Å². The van der Waals surface area contributed by atoms with Gasteiger partial charge in [0.25, 0.3) is 0 Å². The quantitative estimate of drug-likeness (QED) is 0.468. The third kappa shape index (κ3) is 5.86. The molecular weight excluding hydrogens is 466 g/mol. The zero-order valence-electron chi connectivity index (χ0n) is 19.9. The molecule has 9 heteroatoms. The number of carbonyl (C=O) groups excluding carboxylic acids is 3. The molecule has 0 radical (unpaired) electrons. The fourth-order valence-corrected chi connectivity index (χ4v) is 5.39. The van der Waals surface area contributed by atoms with Crippen molar-refractivity contribution in [3.05, 3.63) is 58.6 Å². The summed E-state index contributed by atoms with van der Waals surface area (Å²) >= 11 is 1.19. The van der Waals surface area contributed by atoms with Gasteiger partial charge in [-0.25, -0.2) is 9.78 Å². The fourth-order valence-electron chi connectivity index (χ4n) is 4.32. The van der Waals surface area contributed by atoms with Crippen molar-refractivity contribution < 1.29 is 23.9 Å². The van der Waals surface area contributed by atoms with Crippen LogP contribution in [-0.2, 0) is 32.0 Å². The monoisotopic (exact) mass is 495 g/mol. The second-order valence-electron chi connectivity index (χ2n) is 8.40. The van der Waals surface area contributed by atoms with Gasteiger partial charge in [0, 0.05) is 11.9 Å². The molecule has 1 fully saturated rings. The van der Waals surface area contributed by atoms with Crippen LogP contribution in [0.5, 0.6) is 0 Å². The Morgan fingerprint density at radius 3 is 2.69 bits per heavy atom. The highest BCUT2D eigenvalue weighted by Crippen LogP contribution is 2.36. The lowest BCUT2D eigenvalue weighted by Gasteiger charge is -2.33. The average molecular weight is 496 g/mol. The molecular formula is C26H29N3O5S. The number of fused-ring (bicyclic) bond motifs is 1. The molecule has 184 valence electrons. The summed E-state index contributed by atoms with van der Waals surface area (Å²) in [6, 6.07) is 12.9. The number of nitrogens with zero attached hydrogens (tertiary/aromatic N) is 2. The molecule has 0 saturated carbocycles. The van der Waals surface area contributed by atoms with Crippen LogP contribution in [0.2, 0.25) is 0 Å². The first-order valence-electron chi connectivity index (χ1n) is 11.7. The van der Waals surface area contributed by atoms with Gasteiger partial charge in [0.05, 0.1) is 31.5 Å². The van der Waals surface area contributed by atoms with Crippen molar-refractivity contribution in [2.45, 2.75) is 45.2 Å². The molecule has 1 aromatic carbocycles. The number of likely N-dealkylation sites (tertiary alicyclic amines) is 1. The van der Waals surface area contributed by atoms with Crippen LogP contribution >= 0.6 is 11.3 Å². The van der Waals surface area contributed by atoms with Crippen LogP contribution in [0.1, 0.15) is 47.1 Å². The Morgan fingerprint density at radius 2 is 1.94 bits per heavy atom. The third-order valence-corrected chi connectivity index (χ3v) is 7.07. The number of aromatic nitrogens is 1. The van der Waals surface area contributed by atoms with Crippen molar-refractivity contribution >= 4 is 45.1 Å². The fraction of sp³-hybridized carbons (Fsp3) is 0.385. The van der Waals surface area contributed by atoms with Crippen LogP contribution in [0.3, 0.4) is 0 Å². The molecule has 0 spiro atoms. The number of hydrogen-bond acceptors (Lipinski definition) is 8. The molecule has 4 rings (SSSR count). The van der Waals surface area contributed by atoms with Crippen LogP contribution in [-0.4, -0.2) is 54.0 Å². The summed E-state index contributed by atoms with van der Waals surface area (Å²) in [7, 11) is 1.31. The largest absolute Gasteiger partial charge is 0.465 e. The molecule has 8 nitrogen and oxygen atoms in total. The van der Waals surface area contributed by atoms with Crippen LogP contribution in [0.15, 0.2) is 42.5 Å². The smallest absolute Gasteiger partial charge is 0.350 e. The van der Waals surface area contributed by atoms with Crippen molar-refractivity contribution in [2.24, 2.45) is 0 Å². The molecule has 0 bridgehead atoms. The second kappa shape index (κ2) is 11.4.